The Morgan fingerprint density at radius 3 is 2.53 bits per heavy atom. The summed E-state index contributed by atoms with van der Waals surface area (Å²) < 4.78 is 0. The molecule has 3 rings (SSSR count). The lowest BCUT2D eigenvalue weighted by Crippen LogP contribution is -1.85. The molecule has 0 spiro atoms. The fourth-order valence-electron chi connectivity index (χ4n) is 2.21. The van der Waals surface area contributed by atoms with Gasteiger partial charge in [-0.2, -0.15) is 0 Å². The van der Waals surface area contributed by atoms with E-state index in [0.717, 1.165) is 22.5 Å². The van der Waals surface area contributed by atoms with Crippen LogP contribution in [-0.4, -0.2) is 11.7 Å². The lowest BCUT2D eigenvalue weighted by atomic mass is 10.0. The van der Waals surface area contributed by atoms with Crippen LogP contribution in [0.3, 0.4) is 0 Å². The van der Waals surface area contributed by atoms with Crippen molar-refractivity contribution in [2.45, 2.75) is 6.92 Å². The summed E-state index contributed by atoms with van der Waals surface area (Å²) in [5.74, 6) is 0. The van der Waals surface area contributed by atoms with E-state index < -0.39 is 0 Å². The molecular formula is C17H14N2. The first-order valence-electron chi connectivity index (χ1n) is 6.20. The van der Waals surface area contributed by atoms with E-state index in [0.29, 0.717) is 0 Å². The van der Waals surface area contributed by atoms with Crippen LogP contribution in [0.5, 0.6) is 0 Å². The molecule has 0 aliphatic carbocycles. The van der Waals surface area contributed by atoms with Gasteiger partial charge in [-0.1, -0.05) is 36.4 Å². The van der Waals surface area contributed by atoms with E-state index in [1.807, 2.05) is 19.2 Å². The number of hydrogen-bond donors (Lipinski definition) is 0. The summed E-state index contributed by atoms with van der Waals surface area (Å²) in [5.41, 5.74) is 3.96. The van der Waals surface area contributed by atoms with Crippen molar-refractivity contribution in [1.82, 2.24) is 4.98 Å². The van der Waals surface area contributed by atoms with E-state index in [1.54, 1.807) is 0 Å². The molecule has 0 aliphatic heterocycles. The molecule has 0 amide bonds. The molecule has 2 nitrogen and oxygen atoms in total. The molecule has 0 N–H and O–H groups in total. The van der Waals surface area contributed by atoms with Gasteiger partial charge >= 0.3 is 0 Å². The molecule has 0 unspecified atom stereocenters. The Morgan fingerprint density at radius 2 is 1.74 bits per heavy atom. The highest BCUT2D eigenvalue weighted by Crippen LogP contribution is 2.27. The number of nitrogens with zero attached hydrogens (tertiary/aromatic N) is 2. The van der Waals surface area contributed by atoms with Gasteiger partial charge in [0.15, 0.2) is 0 Å². The summed E-state index contributed by atoms with van der Waals surface area (Å²) >= 11 is 0. The first-order valence-corrected chi connectivity index (χ1v) is 6.20. The molecule has 0 saturated carbocycles. The third kappa shape index (κ3) is 2.13. The third-order valence-corrected chi connectivity index (χ3v) is 3.31. The van der Waals surface area contributed by atoms with Crippen molar-refractivity contribution < 1.29 is 0 Å². The largest absolute Gasteiger partial charge is 0.263 e. The van der Waals surface area contributed by atoms with Crippen LogP contribution in [0.4, 0.5) is 5.69 Å². The Balaban J connectivity index is 2.16. The van der Waals surface area contributed by atoms with Crippen LogP contribution in [0.2, 0.25) is 0 Å². The molecule has 92 valence electrons. The van der Waals surface area contributed by atoms with Gasteiger partial charge in [0.25, 0.3) is 0 Å². The van der Waals surface area contributed by atoms with Crippen molar-refractivity contribution in [3.63, 3.8) is 0 Å². The smallest absolute Gasteiger partial charge is 0.0840 e. The summed E-state index contributed by atoms with van der Waals surface area (Å²) in [5, 5.41) is 2.47. The maximum absolute atomic E-state index is 4.37. The predicted octanol–water partition coefficient (Wildman–Crippen LogP) is 4.54. The number of fused-ring (bicyclic) bond motifs is 1. The summed E-state index contributed by atoms with van der Waals surface area (Å²) in [7, 11) is 0. The molecule has 1 aromatic heterocycles. The van der Waals surface area contributed by atoms with Crippen molar-refractivity contribution in [3.05, 3.63) is 60.4 Å². The van der Waals surface area contributed by atoms with Gasteiger partial charge in [0, 0.05) is 11.8 Å². The number of hydrogen-bond acceptors (Lipinski definition) is 2. The lowest BCUT2D eigenvalue weighted by Gasteiger charge is -2.06. The second-order valence-electron chi connectivity index (χ2n) is 4.55. The van der Waals surface area contributed by atoms with Crippen molar-refractivity contribution in [2.24, 2.45) is 4.99 Å². The molecule has 2 aromatic carbocycles. The first kappa shape index (κ1) is 11.6. The molecule has 0 fully saturated rings. The zero-order valence-corrected chi connectivity index (χ0v) is 10.8. The van der Waals surface area contributed by atoms with E-state index in [4.69, 9.17) is 0 Å². The average Bonchev–Trinajstić information content (AvgIpc) is 2.47. The minimum absolute atomic E-state index is 0.839. The van der Waals surface area contributed by atoms with Crippen LogP contribution in [0, 0.1) is 6.92 Å². The van der Waals surface area contributed by atoms with Crippen LogP contribution in [0.1, 0.15) is 5.69 Å². The van der Waals surface area contributed by atoms with Crippen molar-refractivity contribution in [1.29, 1.82) is 0 Å². The fraction of sp³-hybridized carbons (Fsp3) is 0.0588. The van der Waals surface area contributed by atoms with Gasteiger partial charge in [-0.15, -0.1) is 0 Å². The SMILES string of the molecule is C=Nc1cc(-c2ccc3ccccc3c2)cnc1C. The maximum atomic E-state index is 4.37. The van der Waals surface area contributed by atoms with Crippen molar-refractivity contribution in [2.75, 3.05) is 0 Å². The number of aryl methyl sites for hydroxylation is 1. The van der Waals surface area contributed by atoms with Gasteiger partial charge in [-0.25, -0.2) is 0 Å². The quantitative estimate of drug-likeness (QED) is 0.609. The number of rotatable bonds is 2. The monoisotopic (exact) mass is 246 g/mol. The Bertz CT molecular complexity index is 760. The maximum Gasteiger partial charge on any atom is 0.0840 e. The number of aromatic nitrogens is 1. The summed E-state index contributed by atoms with van der Waals surface area (Å²) in [6.45, 7) is 5.53. The van der Waals surface area contributed by atoms with E-state index >= 15 is 0 Å². The molecule has 3 aromatic rings. The number of pyridine rings is 1. The summed E-state index contributed by atoms with van der Waals surface area (Å²) in [6, 6.07) is 16.8. The molecule has 1 heterocycles. The van der Waals surface area contributed by atoms with Crippen LogP contribution in [0.15, 0.2) is 59.7 Å². The Labute approximate surface area is 112 Å². The zero-order valence-electron chi connectivity index (χ0n) is 10.8. The second kappa shape index (κ2) is 4.65. The van der Waals surface area contributed by atoms with Gasteiger partial charge in [-0.3, -0.25) is 9.98 Å². The Morgan fingerprint density at radius 1 is 0.947 bits per heavy atom. The average molecular weight is 246 g/mol. The van der Waals surface area contributed by atoms with Crippen molar-refractivity contribution >= 4 is 23.2 Å². The van der Waals surface area contributed by atoms with Gasteiger partial charge in [0.05, 0.1) is 11.4 Å². The predicted molar refractivity (Wildman–Crippen MR) is 81.1 cm³/mol. The van der Waals surface area contributed by atoms with E-state index in [1.165, 1.54) is 10.8 Å². The molecule has 0 aliphatic rings. The van der Waals surface area contributed by atoms with Crippen LogP contribution >= 0.6 is 0 Å². The lowest BCUT2D eigenvalue weighted by molar-refractivity contribution is 1.19. The molecule has 0 atom stereocenters. The summed E-state index contributed by atoms with van der Waals surface area (Å²) in [6.07, 6.45) is 1.88. The van der Waals surface area contributed by atoms with Gasteiger partial charge < -0.3 is 0 Å². The topological polar surface area (TPSA) is 25.2 Å². The molecule has 0 radical (unpaired) electrons. The highest BCUT2D eigenvalue weighted by molar-refractivity contribution is 5.87. The zero-order chi connectivity index (χ0) is 13.2. The molecule has 0 bridgehead atoms. The van der Waals surface area contributed by atoms with E-state index in [2.05, 4.69) is 59.2 Å². The number of benzene rings is 2. The molecule has 19 heavy (non-hydrogen) atoms. The van der Waals surface area contributed by atoms with Crippen LogP contribution < -0.4 is 0 Å². The van der Waals surface area contributed by atoms with Crippen LogP contribution in [-0.2, 0) is 0 Å². The highest BCUT2D eigenvalue weighted by Gasteiger charge is 2.03. The van der Waals surface area contributed by atoms with Gasteiger partial charge in [0.1, 0.15) is 0 Å². The Hall–Kier alpha value is -2.48. The van der Waals surface area contributed by atoms with Crippen LogP contribution in [0.25, 0.3) is 21.9 Å². The van der Waals surface area contributed by atoms with Gasteiger partial charge in [0.2, 0.25) is 0 Å². The highest BCUT2D eigenvalue weighted by atomic mass is 14.8. The van der Waals surface area contributed by atoms with E-state index in [-0.39, 0.29) is 0 Å². The molecular weight excluding hydrogens is 232 g/mol. The normalized spacial score (nSPS) is 10.6. The Kier molecular flexibility index (Phi) is 2.84. The molecule has 2 heteroatoms. The standard InChI is InChI=1S/C17H14N2/c1-12-17(18-2)10-16(11-19-12)15-8-7-13-5-3-4-6-14(13)9-15/h3-11H,2H2,1H3. The number of aliphatic imine (C=N–C) groups is 1. The first-order chi connectivity index (χ1) is 9.28. The molecule has 0 saturated heterocycles. The fourth-order valence-corrected chi connectivity index (χ4v) is 2.21. The third-order valence-electron chi connectivity index (χ3n) is 3.31. The summed E-state index contributed by atoms with van der Waals surface area (Å²) in [4.78, 5) is 8.38. The van der Waals surface area contributed by atoms with Crippen molar-refractivity contribution in [3.8, 4) is 11.1 Å². The second-order valence-corrected chi connectivity index (χ2v) is 4.55. The minimum atomic E-state index is 0.839. The van der Waals surface area contributed by atoms with Gasteiger partial charge in [-0.05, 0) is 42.1 Å². The minimum Gasteiger partial charge on any atom is -0.263 e. The van der Waals surface area contributed by atoms with E-state index in [9.17, 15) is 0 Å².